The van der Waals surface area contributed by atoms with E-state index in [4.69, 9.17) is 14.2 Å². The van der Waals surface area contributed by atoms with Gasteiger partial charge in [0.05, 0.1) is 0 Å². The fourth-order valence-electron chi connectivity index (χ4n) is 8.57. The van der Waals surface area contributed by atoms with E-state index in [-0.39, 0.29) is 31.1 Å². The number of allylic oxidation sites excluding steroid dienone is 24. The molecule has 0 aliphatic carbocycles. The fraction of sp³-hybridized carbons (Fsp3) is 0.630. The minimum Gasteiger partial charge on any atom is -0.462 e. The van der Waals surface area contributed by atoms with E-state index in [1.54, 1.807) is 0 Å². The first-order valence-electron chi connectivity index (χ1n) is 32.3. The number of unbranched alkanes of at least 4 members (excludes halogenated alkanes) is 22. The molecule has 0 heterocycles. The van der Waals surface area contributed by atoms with Gasteiger partial charge in [-0.25, -0.2) is 0 Å². The van der Waals surface area contributed by atoms with Gasteiger partial charge < -0.3 is 14.2 Å². The summed E-state index contributed by atoms with van der Waals surface area (Å²) in [5.41, 5.74) is 0. The Morgan fingerprint density at radius 2 is 0.494 bits per heavy atom. The van der Waals surface area contributed by atoms with Crippen molar-refractivity contribution in [1.29, 1.82) is 0 Å². The van der Waals surface area contributed by atoms with Crippen LogP contribution in [0.3, 0.4) is 0 Å². The van der Waals surface area contributed by atoms with Crippen LogP contribution in [0.2, 0.25) is 0 Å². The molecule has 446 valence electrons. The molecule has 0 rings (SSSR count). The van der Waals surface area contributed by atoms with Crippen LogP contribution >= 0.6 is 0 Å². The Hall–Kier alpha value is -4.71. The lowest BCUT2D eigenvalue weighted by Crippen LogP contribution is -2.30. The second kappa shape index (κ2) is 65.8. The van der Waals surface area contributed by atoms with Crippen LogP contribution in [0.25, 0.3) is 0 Å². The molecule has 0 amide bonds. The van der Waals surface area contributed by atoms with E-state index in [1.165, 1.54) is 89.9 Å². The van der Waals surface area contributed by atoms with Gasteiger partial charge in [0.1, 0.15) is 13.2 Å². The topological polar surface area (TPSA) is 78.9 Å². The number of carbonyl (C=O) groups excluding carboxylic acids is 3. The van der Waals surface area contributed by atoms with Crippen molar-refractivity contribution >= 4 is 17.9 Å². The third kappa shape index (κ3) is 64.0. The molecule has 1 unspecified atom stereocenters. The van der Waals surface area contributed by atoms with Gasteiger partial charge in [-0.15, -0.1) is 0 Å². The second-order valence-electron chi connectivity index (χ2n) is 20.9. The second-order valence-corrected chi connectivity index (χ2v) is 20.9. The molecule has 0 radical (unpaired) electrons. The highest BCUT2D eigenvalue weighted by Crippen LogP contribution is 2.15. The molecule has 1 atom stereocenters. The molecule has 0 saturated heterocycles. The van der Waals surface area contributed by atoms with Crippen molar-refractivity contribution in [2.75, 3.05) is 13.2 Å². The summed E-state index contributed by atoms with van der Waals surface area (Å²) in [7, 11) is 0. The Balaban J connectivity index is 4.09. The first kappa shape index (κ1) is 74.3. The molecule has 0 aromatic carbocycles. The number of carbonyl (C=O) groups is 3. The lowest BCUT2D eigenvalue weighted by molar-refractivity contribution is -0.167. The summed E-state index contributed by atoms with van der Waals surface area (Å²) in [6.07, 6.45) is 94.7. The maximum absolute atomic E-state index is 12.8. The molecule has 0 aromatic heterocycles. The zero-order chi connectivity index (χ0) is 57.1. The summed E-state index contributed by atoms with van der Waals surface area (Å²) >= 11 is 0. The molecule has 0 spiro atoms. The summed E-state index contributed by atoms with van der Waals surface area (Å²) in [5.74, 6) is -0.914. The minimum atomic E-state index is -0.786. The van der Waals surface area contributed by atoms with Gasteiger partial charge in [-0.2, -0.15) is 0 Å². The molecule has 6 nitrogen and oxygen atoms in total. The van der Waals surface area contributed by atoms with E-state index in [9.17, 15) is 14.4 Å². The summed E-state index contributed by atoms with van der Waals surface area (Å²) in [6.45, 7) is 6.32. The van der Waals surface area contributed by atoms with Crippen LogP contribution in [0.15, 0.2) is 146 Å². The van der Waals surface area contributed by atoms with Gasteiger partial charge in [0, 0.05) is 19.3 Å². The van der Waals surface area contributed by atoms with Gasteiger partial charge in [0.2, 0.25) is 0 Å². The Morgan fingerprint density at radius 1 is 0.266 bits per heavy atom. The van der Waals surface area contributed by atoms with Crippen molar-refractivity contribution in [1.82, 2.24) is 0 Å². The van der Waals surface area contributed by atoms with Crippen LogP contribution in [0.1, 0.15) is 278 Å². The molecule has 0 aliphatic rings. The minimum absolute atomic E-state index is 0.0861. The maximum Gasteiger partial charge on any atom is 0.306 e. The average molecular weight is 1090 g/mol. The van der Waals surface area contributed by atoms with Gasteiger partial charge >= 0.3 is 17.9 Å². The van der Waals surface area contributed by atoms with Crippen molar-refractivity contribution in [3.8, 4) is 0 Å². The zero-order valence-corrected chi connectivity index (χ0v) is 51.1. The third-order valence-electron chi connectivity index (χ3n) is 13.3. The van der Waals surface area contributed by atoms with Gasteiger partial charge in [-0.3, -0.25) is 14.4 Å². The van der Waals surface area contributed by atoms with E-state index in [0.29, 0.717) is 19.3 Å². The predicted octanol–water partition coefficient (Wildman–Crippen LogP) is 22.3. The molecular weight excluding hydrogens is 973 g/mol. The quantitative estimate of drug-likeness (QED) is 0.0261. The van der Waals surface area contributed by atoms with E-state index < -0.39 is 6.10 Å². The normalized spacial score (nSPS) is 13.1. The first-order valence-corrected chi connectivity index (χ1v) is 32.3. The van der Waals surface area contributed by atoms with E-state index >= 15 is 0 Å². The number of rotatable bonds is 57. The van der Waals surface area contributed by atoms with Crippen molar-refractivity contribution in [2.45, 2.75) is 284 Å². The summed E-state index contributed by atoms with van der Waals surface area (Å²) in [5, 5.41) is 0. The van der Waals surface area contributed by atoms with Crippen molar-refractivity contribution < 1.29 is 28.6 Å². The molecule has 0 N–H and O–H groups in total. The van der Waals surface area contributed by atoms with Crippen LogP contribution in [-0.2, 0) is 28.6 Å². The SMILES string of the molecule is CC/C=C\C/C=C\C/C=C\C/C=C\C/C=C\C/C=C\C/C=C\C/C=C\CCCCCCCCCCC(=O)OCC(COC(=O)CCCCCCC)OC(=O)CCCCCCCCCCCC/C=C\C/C=C\C/C=C\C/C=C\CC. The Morgan fingerprint density at radius 3 is 0.772 bits per heavy atom. The standard InChI is InChI=1S/C73H118O6/c1-4-7-10-13-15-17-19-21-23-25-27-29-31-32-33-34-35-36-37-38-39-40-42-43-45-47-49-51-53-55-57-60-63-66-72(75)78-69-70(68-77-71(74)65-62-59-12-9-6-3)79-73(76)67-64-61-58-56-54-52-50-48-46-44-41-30-28-26-24-22-20-18-16-14-11-8-5-2/h7-8,10-11,15-18,21-24,27-30,32-33,35-36,38-39,42-43,70H,4-6,9,12-14,19-20,25-26,31,34,37,40-41,44-69H2,1-3H3/b10-7-,11-8-,17-15-,18-16-,23-21-,24-22-,29-27-,30-28-,33-32-,36-35-,39-38-,43-42-. The summed E-state index contributed by atoms with van der Waals surface area (Å²) < 4.78 is 16.8. The highest BCUT2D eigenvalue weighted by Gasteiger charge is 2.19. The van der Waals surface area contributed by atoms with Crippen LogP contribution in [-0.4, -0.2) is 37.2 Å². The van der Waals surface area contributed by atoms with Gasteiger partial charge in [0.25, 0.3) is 0 Å². The molecule has 79 heavy (non-hydrogen) atoms. The summed E-state index contributed by atoms with van der Waals surface area (Å²) in [6, 6.07) is 0. The van der Waals surface area contributed by atoms with Crippen molar-refractivity contribution in [3.05, 3.63) is 146 Å². The number of hydrogen-bond acceptors (Lipinski definition) is 6. The highest BCUT2D eigenvalue weighted by atomic mass is 16.6. The molecule has 0 aromatic rings. The Labute approximate surface area is 487 Å². The lowest BCUT2D eigenvalue weighted by Gasteiger charge is -2.18. The molecule has 0 bridgehead atoms. The van der Waals surface area contributed by atoms with Crippen LogP contribution in [0.5, 0.6) is 0 Å². The van der Waals surface area contributed by atoms with Crippen LogP contribution in [0.4, 0.5) is 0 Å². The zero-order valence-electron chi connectivity index (χ0n) is 51.1. The Bertz CT molecular complexity index is 1730. The Kier molecular flexibility index (Phi) is 61.9. The number of esters is 3. The average Bonchev–Trinajstić information content (AvgIpc) is 3.45. The number of hydrogen-bond donors (Lipinski definition) is 0. The van der Waals surface area contributed by atoms with E-state index in [2.05, 4.69) is 167 Å². The number of ether oxygens (including phenoxy) is 3. The molecule has 0 fully saturated rings. The maximum atomic E-state index is 12.8. The van der Waals surface area contributed by atoms with E-state index in [0.717, 1.165) is 148 Å². The fourth-order valence-corrected chi connectivity index (χ4v) is 8.57. The van der Waals surface area contributed by atoms with Crippen LogP contribution in [0, 0.1) is 0 Å². The highest BCUT2D eigenvalue weighted by molar-refractivity contribution is 5.71. The largest absolute Gasteiger partial charge is 0.462 e. The van der Waals surface area contributed by atoms with E-state index in [1.807, 2.05) is 0 Å². The van der Waals surface area contributed by atoms with Gasteiger partial charge in [-0.05, 0) is 122 Å². The van der Waals surface area contributed by atoms with Crippen molar-refractivity contribution in [3.63, 3.8) is 0 Å². The third-order valence-corrected chi connectivity index (χ3v) is 13.3. The monoisotopic (exact) mass is 1090 g/mol. The first-order chi connectivity index (χ1) is 39.0. The lowest BCUT2D eigenvalue weighted by atomic mass is 10.0. The van der Waals surface area contributed by atoms with Gasteiger partial charge in [0.15, 0.2) is 6.10 Å². The van der Waals surface area contributed by atoms with Gasteiger partial charge in [-0.1, -0.05) is 282 Å². The molecule has 0 aliphatic heterocycles. The molecule has 6 heteroatoms. The predicted molar refractivity (Wildman–Crippen MR) is 343 cm³/mol. The van der Waals surface area contributed by atoms with Crippen LogP contribution < -0.4 is 0 Å². The van der Waals surface area contributed by atoms with Crippen molar-refractivity contribution in [2.24, 2.45) is 0 Å². The molecule has 0 saturated carbocycles. The summed E-state index contributed by atoms with van der Waals surface area (Å²) in [4.78, 5) is 37.9. The molecular formula is C73H118O6. The smallest absolute Gasteiger partial charge is 0.306 e.